The second-order valence-corrected chi connectivity index (χ2v) is 3.97. The number of nitrogens with two attached hydrogens (primary N) is 1. The largest absolute Gasteiger partial charge is 0.338 e. The first kappa shape index (κ1) is 11.1. The van der Waals surface area contributed by atoms with Gasteiger partial charge in [0.15, 0.2) is 5.82 Å². The zero-order chi connectivity index (χ0) is 10.4. The van der Waals surface area contributed by atoms with Crippen molar-refractivity contribution in [3.63, 3.8) is 0 Å². The van der Waals surface area contributed by atoms with Gasteiger partial charge < -0.3 is 10.3 Å². The second-order valence-electron chi connectivity index (χ2n) is 2.70. The molecule has 0 radical (unpaired) electrons. The van der Waals surface area contributed by atoms with E-state index in [0.717, 1.165) is 11.5 Å². The number of aromatic nitrogens is 2. The van der Waals surface area contributed by atoms with E-state index in [-0.39, 0.29) is 6.04 Å². The van der Waals surface area contributed by atoms with Crippen LogP contribution in [0.25, 0.3) is 0 Å². The van der Waals surface area contributed by atoms with Gasteiger partial charge in [-0.3, -0.25) is 0 Å². The van der Waals surface area contributed by atoms with E-state index in [1.807, 2.05) is 0 Å². The Bertz CT molecular complexity index is 318. The van der Waals surface area contributed by atoms with E-state index in [4.69, 9.17) is 16.7 Å². The van der Waals surface area contributed by atoms with E-state index >= 15 is 0 Å². The Kier molecular flexibility index (Phi) is 4.50. The molecule has 0 aromatic carbocycles. The summed E-state index contributed by atoms with van der Waals surface area (Å²) in [5.41, 5.74) is 5.70. The Balaban J connectivity index is 2.54. The zero-order valence-electron chi connectivity index (χ0n) is 8.06. The highest BCUT2D eigenvalue weighted by atomic mass is 32.2. The van der Waals surface area contributed by atoms with Crippen LogP contribution in [0.3, 0.4) is 0 Å². The van der Waals surface area contributed by atoms with E-state index in [2.05, 4.69) is 23.0 Å². The van der Waals surface area contributed by atoms with Crippen molar-refractivity contribution in [1.82, 2.24) is 10.1 Å². The molecule has 0 saturated heterocycles. The fourth-order valence-corrected chi connectivity index (χ4v) is 1.39. The van der Waals surface area contributed by atoms with Crippen LogP contribution in [0.4, 0.5) is 0 Å². The highest BCUT2D eigenvalue weighted by Crippen LogP contribution is 2.13. The van der Waals surface area contributed by atoms with Crippen LogP contribution in [0, 0.1) is 12.3 Å². The minimum Gasteiger partial charge on any atom is -0.338 e. The van der Waals surface area contributed by atoms with Crippen molar-refractivity contribution in [2.45, 2.75) is 25.1 Å². The van der Waals surface area contributed by atoms with Crippen LogP contribution < -0.4 is 5.73 Å². The molecule has 0 fully saturated rings. The number of hydrogen-bond donors (Lipinski definition) is 1. The minimum absolute atomic E-state index is 0.340. The number of thioether (sulfide) groups is 1. The number of nitrogens with zero attached hydrogens (tertiary/aromatic N) is 2. The van der Waals surface area contributed by atoms with Crippen molar-refractivity contribution in [3.8, 4) is 12.3 Å². The summed E-state index contributed by atoms with van der Waals surface area (Å²) in [6.45, 7) is 2.08. The third kappa shape index (κ3) is 3.05. The van der Waals surface area contributed by atoms with Crippen molar-refractivity contribution in [2.75, 3.05) is 5.75 Å². The monoisotopic (exact) mass is 211 g/mol. The van der Waals surface area contributed by atoms with Gasteiger partial charge in [-0.2, -0.15) is 16.7 Å². The summed E-state index contributed by atoms with van der Waals surface area (Å²) < 4.78 is 4.98. The third-order valence-electron chi connectivity index (χ3n) is 1.57. The molecule has 1 heterocycles. The summed E-state index contributed by atoms with van der Waals surface area (Å²) in [4.78, 5) is 4.15. The molecule has 1 aromatic heterocycles. The predicted molar refractivity (Wildman–Crippen MR) is 56.5 cm³/mol. The summed E-state index contributed by atoms with van der Waals surface area (Å²) >= 11 is 1.73. The second kappa shape index (κ2) is 5.68. The molecule has 4 nitrogen and oxygen atoms in total. The molecule has 1 rings (SSSR count). The first-order valence-electron chi connectivity index (χ1n) is 4.37. The van der Waals surface area contributed by atoms with E-state index < -0.39 is 0 Å². The molecule has 1 unspecified atom stereocenters. The molecule has 0 saturated carbocycles. The first-order chi connectivity index (χ1) is 6.77. The van der Waals surface area contributed by atoms with Gasteiger partial charge >= 0.3 is 0 Å². The Hall–Kier alpha value is -0.990. The summed E-state index contributed by atoms with van der Waals surface area (Å²) in [6.07, 6.45) is 5.55. The number of terminal acetylenes is 1. The van der Waals surface area contributed by atoms with Crippen molar-refractivity contribution in [3.05, 3.63) is 11.7 Å². The van der Waals surface area contributed by atoms with E-state index in [0.29, 0.717) is 18.1 Å². The fraction of sp³-hybridized carbons (Fsp3) is 0.556. The third-order valence-corrected chi connectivity index (χ3v) is 2.44. The van der Waals surface area contributed by atoms with Crippen LogP contribution in [-0.4, -0.2) is 15.9 Å². The van der Waals surface area contributed by atoms with Crippen LogP contribution >= 0.6 is 11.8 Å². The summed E-state index contributed by atoms with van der Waals surface area (Å²) in [7, 11) is 0. The summed E-state index contributed by atoms with van der Waals surface area (Å²) in [5, 5.41) is 3.80. The predicted octanol–water partition coefficient (Wildman–Crippen LogP) is 1.35. The van der Waals surface area contributed by atoms with E-state index in [9.17, 15) is 0 Å². The Morgan fingerprint density at radius 1 is 1.71 bits per heavy atom. The first-order valence-corrected chi connectivity index (χ1v) is 5.52. The average molecular weight is 211 g/mol. The highest BCUT2D eigenvalue weighted by molar-refractivity contribution is 7.98. The van der Waals surface area contributed by atoms with Crippen molar-refractivity contribution in [2.24, 2.45) is 5.73 Å². The molecule has 2 N–H and O–H groups in total. The van der Waals surface area contributed by atoms with Gasteiger partial charge in [-0.15, -0.1) is 12.3 Å². The lowest BCUT2D eigenvalue weighted by atomic mass is 10.2. The van der Waals surface area contributed by atoms with Gasteiger partial charge in [0.1, 0.15) is 0 Å². The maximum atomic E-state index is 5.70. The summed E-state index contributed by atoms with van der Waals surface area (Å²) in [5.74, 6) is 5.35. The van der Waals surface area contributed by atoms with Crippen LogP contribution in [-0.2, 0) is 5.75 Å². The Morgan fingerprint density at radius 2 is 2.50 bits per heavy atom. The molecular weight excluding hydrogens is 198 g/mol. The molecule has 0 bridgehead atoms. The van der Waals surface area contributed by atoms with Gasteiger partial charge in [-0.25, -0.2) is 0 Å². The normalized spacial score (nSPS) is 12.4. The van der Waals surface area contributed by atoms with E-state index in [1.54, 1.807) is 11.8 Å². The average Bonchev–Trinajstić information content (AvgIpc) is 2.63. The standard InChI is InChI=1S/C9H13N3OS/c1-3-5-7(10)9-11-8(12-13-9)6-14-4-2/h1,7H,4-6,10H2,2H3. The van der Waals surface area contributed by atoms with Crippen molar-refractivity contribution in [1.29, 1.82) is 0 Å². The molecule has 0 aliphatic carbocycles. The van der Waals surface area contributed by atoms with Gasteiger partial charge in [0, 0.05) is 6.42 Å². The van der Waals surface area contributed by atoms with Gasteiger partial charge in [0.2, 0.25) is 5.89 Å². The summed E-state index contributed by atoms with van der Waals surface area (Å²) in [6, 6.07) is -0.340. The topological polar surface area (TPSA) is 64.9 Å². The van der Waals surface area contributed by atoms with Crippen molar-refractivity contribution < 1.29 is 4.52 Å². The molecule has 0 aliphatic heterocycles. The van der Waals surface area contributed by atoms with Gasteiger partial charge in [-0.05, 0) is 5.75 Å². The van der Waals surface area contributed by atoms with Gasteiger partial charge in [0.25, 0.3) is 0 Å². The molecule has 0 amide bonds. The number of rotatable bonds is 5. The maximum absolute atomic E-state index is 5.70. The smallest absolute Gasteiger partial charge is 0.244 e. The quantitative estimate of drug-likeness (QED) is 0.745. The Morgan fingerprint density at radius 3 is 3.14 bits per heavy atom. The Labute approximate surface area is 87.6 Å². The molecule has 0 spiro atoms. The van der Waals surface area contributed by atoms with Crippen LogP contribution in [0.2, 0.25) is 0 Å². The molecule has 1 aromatic rings. The lowest BCUT2D eigenvalue weighted by Crippen LogP contribution is -2.09. The van der Waals surface area contributed by atoms with Crippen LogP contribution in [0.5, 0.6) is 0 Å². The maximum Gasteiger partial charge on any atom is 0.244 e. The molecule has 1 atom stereocenters. The lowest BCUT2D eigenvalue weighted by Gasteiger charge is -1.98. The fourth-order valence-electron chi connectivity index (χ4n) is 0.884. The van der Waals surface area contributed by atoms with Crippen LogP contribution in [0.15, 0.2) is 4.52 Å². The lowest BCUT2D eigenvalue weighted by molar-refractivity contribution is 0.353. The van der Waals surface area contributed by atoms with Gasteiger partial charge in [-0.1, -0.05) is 12.1 Å². The highest BCUT2D eigenvalue weighted by Gasteiger charge is 2.13. The molecular formula is C9H13N3OS. The van der Waals surface area contributed by atoms with Crippen LogP contribution in [0.1, 0.15) is 31.1 Å². The van der Waals surface area contributed by atoms with Gasteiger partial charge in [0.05, 0.1) is 11.8 Å². The molecule has 0 aliphatic rings. The minimum atomic E-state index is -0.340. The van der Waals surface area contributed by atoms with E-state index in [1.165, 1.54) is 0 Å². The SMILES string of the molecule is C#CCC(N)c1nc(CSCC)no1. The molecule has 14 heavy (non-hydrogen) atoms. The molecule has 76 valence electrons. The molecule has 5 heteroatoms. The zero-order valence-corrected chi connectivity index (χ0v) is 8.88. The number of hydrogen-bond acceptors (Lipinski definition) is 5. The van der Waals surface area contributed by atoms with Crippen molar-refractivity contribution >= 4 is 11.8 Å².